The van der Waals surface area contributed by atoms with E-state index < -0.39 is 23.6 Å². The van der Waals surface area contributed by atoms with Crippen LogP contribution in [-0.4, -0.2) is 40.4 Å². The molecule has 2 aliphatic heterocycles. The van der Waals surface area contributed by atoms with Crippen molar-refractivity contribution in [2.45, 2.75) is 51.7 Å². The van der Waals surface area contributed by atoms with E-state index in [1.807, 2.05) is 19.9 Å². The van der Waals surface area contributed by atoms with Crippen LogP contribution in [0.5, 0.6) is 0 Å². The fraction of sp³-hybridized carbons (Fsp3) is 0.348. The van der Waals surface area contributed by atoms with E-state index in [1.165, 1.54) is 16.2 Å². The van der Waals surface area contributed by atoms with Crippen molar-refractivity contribution in [1.82, 2.24) is 15.5 Å². The molecule has 2 N–H and O–H groups in total. The van der Waals surface area contributed by atoms with E-state index in [0.29, 0.717) is 21.6 Å². The van der Waals surface area contributed by atoms with Gasteiger partial charge in [-0.2, -0.15) is 0 Å². The number of benzene rings is 1. The van der Waals surface area contributed by atoms with Crippen molar-refractivity contribution in [1.29, 1.82) is 0 Å². The second kappa shape index (κ2) is 8.66. The Hall–Kier alpha value is -3.33. The number of carbonyl (C=O) groups excluding carboxylic acids is 5. The molecule has 9 heteroatoms. The number of imide groups is 1. The van der Waals surface area contributed by atoms with Crippen LogP contribution in [0.15, 0.2) is 30.3 Å². The van der Waals surface area contributed by atoms with Crippen LogP contribution in [0.25, 0.3) is 0 Å². The lowest BCUT2D eigenvalue weighted by Crippen LogP contribution is -2.52. The van der Waals surface area contributed by atoms with Crippen LogP contribution in [0, 0.1) is 0 Å². The zero-order chi connectivity index (χ0) is 23.0. The van der Waals surface area contributed by atoms with Gasteiger partial charge in [-0.3, -0.25) is 29.3 Å². The number of nitrogens with zero attached hydrogens (tertiary/aromatic N) is 1. The summed E-state index contributed by atoms with van der Waals surface area (Å²) in [5, 5.41) is 4.93. The third-order valence-corrected chi connectivity index (χ3v) is 7.13. The Morgan fingerprint density at radius 1 is 1.19 bits per heavy atom. The van der Waals surface area contributed by atoms with Crippen LogP contribution >= 0.6 is 11.3 Å². The number of thiophene rings is 1. The molecule has 0 saturated carbocycles. The van der Waals surface area contributed by atoms with Crippen LogP contribution in [-0.2, 0) is 27.5 Å². The zero-order valence-electron chi connectivity index (χ0n) is 17.8. The normalized spacial score (nSPS) is 18.0. The molecule has 166 valence electrons. The van der Waals surface area contributed by atoms with Crippen molar-refractivity contribution in [3.63, 3.8) is 0 Å². The third kappa shape index (κ3) is 4.08. The number of rotatable bonds is 6. The predicted octanol–water partition coefficient (Wildman–Crippen LogP) is 2.13. The lowest BCUT2D eigenvalue weighted by molar-refractivity contribution is -0.136. The van der Waals surface area contributed by atoms with Crippen molar-refractivity contribution in [3.8, 4) is 0 Å². The molecule has 0 aliphatic carbocycles. The summed E-state index contributed by atoms with van der Waals surface area (Å²) >= 11 is 1.31. The molecular formula is C23H23N3O5S. The fourth-order valence-electron chi connectivity index (χ4n) is 3.97. The minimum Gasteiger partial charge on any atom is -0.345 e. The number of hydrogen-bond acceptors (Lipinski definition) is 6. The summed E-state index contributed by atoms with van der Waals surface area (Å²) in [4.78, 5) is 64.3. The molecule has 1 fully saturated rings. The molecule has 8 nitrogen and oxygen atoms in total. The number of carbonyl (C=O) groups is 5. The molecule has 0 spiro atoms. The predicted molar refractivity (Wildman–Crippen MR) is 117 cm³/mol. The number of amides is 4. The lowest BCUT2D eigenvalue weighted by Gasteiger charge is -2.29. The summed E-state index contributed by atoms with van der Waals surface area (Å²) in [7, 11) is 0. The van der Waals surface area contributed by atoms with E-state index in [-0.39, 0.29) is 43.7 Å². The van der Waals surface area contributed by atoms with E-state index in [9.17, 15) is 24.0 Å². The highest BCUT2D eigenvalue weighted by Crippen LogP contribution is 2.30. The average Bonchev–Trinajstić information content (AvgIpc) is 3.38. The number of hydrogen-bond donors (Lipinski definition) is 2. The zero-order valence-corrected chi connectivity index (χ0v) is 18.6. The first-order valence-corrected chi connectivity index (χ1v) is 11.3. The molecule has 0 radical (unpaired) electrons. The first kappa shape index (κ1) is 21.9. The third-order valence-electron chi connectivity index (χ3n) is 5.74. The Bertz CT molecular complexity index is 1140. The van der Waals surface area contributed by atoms with Crippen LogP contribution < -0.4 is 10.6 Å². The average molecular weight is 454 g/mol. The molecular weight excluding hydrogens is 430 g/mol. The molecule has 4 amide bonds. The number of fused-ring (bicyclic) bond motifs is 1. The Balaban J connectivity index is 1.45. The molecule has 1 aromatic heterocycles. The second-order valence-electron chi connectivity index (χ2n) is 8.21. The summed E-state index contributed by atoms with van der Waals surface area (Å²) in [6.45, 7) is 4.35. The van der Waals surface area contributed by atoms with Gasteiger partial charge in [0.25, 0.3) is 17.6 Å². The second-order valence-corrected chi connectivity index (χ2v) is 9.33. The Kier molecular flexibility index (Phi) is 5.92. The molecule has 2 aliphatic rings. The Morgan fingerprint density at radius 2 is 1.97 bits per heavy atom. The maximum Gasteiger partial charge on any atom is 0.293 e. The van der Waals surface area contributed by atoms with Crippen LogP contribution in [0.4, 0.5) is 0 Å². The van der Waals surface area contributed by atoms with Gasteiger partial charge in [-0.25, -0.2) is 0 Å². The van der Waals surface area contributed by atoms with E-state index in [1.54, 1.807) is 24.3 Å². The number of piperidine rings is 1. The molecule has 1 aromatic carbocycles. The van der Waals surface area contributed by atoms with Crippen LogP contribution in [0.1, 0.15) is 68.6 Å². The van der Waals surface area contributed by atoms with Crippen molar-refractivity contribution in [2.75, 3.05) is 0 Å². The first-order chi connectivity index (χ1) is 15.3. The standard InChI is InChI=1S/C23H23N3O5S/c1-12(2)17-7-8-18(32-17)20(28)22(30)24-10-13-4-3-5-14-15(13)11-26(23(14)31)16-6-9-19(27)25-21(16)29/h3-5,7-8,12,16H,6,9-11H2,1-2H3,(H,24,30)(H,25,27,29). The van der Waals surface area contributed by atoms with Crippen molar-refractivity contribution < 1.29 is 24.0 Å². The van der Waals surface area contributed by atoms with E-state index in [0.717, 1.165) is 4.88 Å². The molecule has 0 bridgehead atoms. The molecule has 1 saturated heterocycles. The van der Waals surface area contributed by atoms with Gasteiger partial charge in [0.2, 0.25) is 11.8 Å². The Morgan fingerprint density at radius 3 is 2.66 bits per heavy atom. The SMILES string of the molecule is CC(C)c1ccc(C(=O)C(=O)NCc2cccc3c2CN(C2CCC(=O)NC2=O)C3=O)s1. The molecule has 1 atom stereocenters. The summed E-state index contributed by atoms with van der Waals surface area (Å²) in [6.07, 6.45) is 0.465. The topological polar surface area (TPSA) is 113 Å². The monoisotopic (exact) mass is 453 g/mol. The smallest absolute Gasteiger partial charge is 0.293 e. The highest BCUT2D eigenvalue weighted by molar-refractivity contribution is 7.15. The van der Waals surface area contributed by atoms with E-state index in [4.69, 9.17) is 0 Å². The maximum absolute atomic E-state index is 12.9. The van der Waals surface area contributed by atoms with E-state index in [2.05, 4.69) is 10.6 Å². The van der Waals surface area contributed by atoms with Crippen molar-refractivity contribution in [3.05, 3.63) is 56.8 Å². The molecule has 32 heavy (non-hydrogen) atoms. The summed E-state index contributed by atoms with van der Waals surface area (Å²) < 4.78 is 0. The number of nitrogens with one attached hydrogen (secondary N) is 2. The van der Waals surface area contributed by atoms with Crippen LogP contribution in [0.3, 0.4) is 0 Å². The lowest BCUT2D eigenvalue weighted by atomic mass is 10.0. The van der Waals surface area contributed by atoms with Gasteiger partial charge in [-0.15, -0.1) is 11.3 Å². The summed E-state index contributed by atoms with van der Waals surface area (Å²) in [5.74, 6) is -2.10. The quantitative estimate of drug-likeness (QED) is 0.395. The van der Waals surface area contributed by atoms with Gasteiger partial charge in [-0.1, -0.05) is 26.0 Å². The molecule has 1 unspecified atom stereocenters. The van der Waals surface area contributed by atoms with Gasteiger partial charge in [0, 0.05) is 30.0 Å². The molecule has 4 rings (SSSR count). The molecule has 2 aromatic rings. The van der Waals surface area contributed by atoms with Gasteiger partial charge in [0.1, 0.15) is 6.04 Å². The minimum atomic E-state index is -0.703. The maximum atomic E-state index is 12.9. The summed E-state index contributed by atoms with van der Waals surface area (Å²) in [5.41, 5.74) is 1.89. The van der Waals surface area contributed by atoms with Gasteiger partial charge in [-0.05, 0) is 41.7 Å². The number of Topliss-reactive ketones (excluding diaryl/α,β-unsaturated/α-hetero) is 1. The first-order valence-electron chi connectivity index (χ1n) is 10.4. The minimum absolute atomic E-state index is 0.0899. The summed E-state index contributed by atoms with van der Waals surface area (Å²) in [6, 6.07) is 7.99. The van der Waals surface area contributed by atoms with Gasteiger partial charge in [0.15, 0.2) is 0 Å². The van der Waals surface area contributed by atoms with Gasteiger partial charge in [0.05, 0.1) is 4.88 Å². The highest BCUT2D eigenvalue weighted by Gasteiger charge is 2.39. The van der Waals surface area contributed by atoms with Gasteiger partial charge < -0.3 is 10.2 Å². The largest absolute Gasteiger partial charge is 0.345 e. The Labute approximate surface area is 189 Å². The number of ketones is 1. The van der Waals surface area contributed by atoms with Gasteiger partial charge >= 0.3 is 0 Å². The van der Waals surface area contributed by atoms with Crippen molar-refractivity contribution in [2.24, 2.45) is 0 Å². The molecule has 3 heterocycles. The van der Waals surface area contributed by atoms with Crippen LogP contribution in [0.2, 0.25) is 0 Å². The van der Waals surface area contributed by atoms with E-state index >= 15 is 0 Å². The fourth-order valence-corrected chi connectivity index (χ4v) is 4.92. The van der Waals surface area contributed by atoms with Crippen molar-refractivity contribution >= 4 is 40.7 Å². The highest BCUT2D eigenvalue weighted by atomic mass is 32.1.